The van der Waals surface area contributed by atoms with E-state index >= 15 is 0 Å². The summed E-state index contributed by atoms with van der Waals surface area (Å²) in [6.07, 6.45) is 1.11. The van der Waals surface area contributed by atoms with Gasteiger partial charge < -0.3 is 10.1 Å². The minimum atomic E-state index is -3.72. The van der Waals surface area contributed by atoms with Crippen LogP contribution in [0.25, 0.3) is 0 Å². The van der Waals surface area contributed by atoms with Crippen molar-refractivity contribution in [3.05, 3.63) is 53.3 Å². The van der Waals surface area contributed by atoms with Crippen LogP contribution >= 0.6 is 11.6 Å². The summed E-state index contributed by atoms with van der Waals surface area (Å²) < 4.78 is 45.7. The van der Waals surface area contributed by atoms with Crippen LogP contribution in [0.5, 0.6) is 5.75 Å². The normalized spacial score (nSPS) is 17.9. The topological polar surface area (TPSA) is 75.7 Å². The van der Waals surface area contributed by atoms with E-state index in [0.717, 1.165) is 6.07 Å². The van der Waals surface area contributed by atoms with Gasteiger partial charge in [0.15, 0.2) is 0 Å². The first-order valence-electron chi connectivity index (χ1n) is 8.71. The van der Waals surface area contributed by atoms with E-state index in [-0.39, 0.29) is 28.1 Å². The highest BCUT2D eigenvalue weighted by Crippen LogP contribution is 2.26. The zero-order valence-electron chi connectivity index (χ0n) is 15.2. The van der Waals surface area contributed by atoms with Crippen molar-refractivity contribution in [1.29, 1.82) is 0 Å². The third-order valence-electron chi connectivity index (χ3n) is 4.64. The van der Waals surface area contributed by atoms with Crippen molar-refractivity contribution in [3.63, 3.8) is 0 Å². The highest BCUT2D eigenvalue weighted by atomic mass is 35.5. The first kappa shape index (κ1) is 20.6. The van der Waals surface area contributed by atoms with Gasteiger partial charge in [0.1, 0.15) is 11.6 Å². The van der Waals surface area contributed by atoms with Gasteiger partial charge in [0.2, 0.25) is 15.9 Å². The Morgan fingerprint density at radius 3 is 2.61 bits per heavy atom. The highest BCUT2D eigenvalue weighted by molar-refractivity contribution is 7.89. The predicted molar refractivity (Wildman–Crippen MR) is 105 cm³/mol. The minimum absolute atomic E-state index is 0.0348. The summed E-state index contributed by atoms with van der Waals surface area (Å²) in [6.45, 7) is 0.407. The van der Waals surface area contributed by atoms with E-state index in [1.807, 2.05) is 0 Å². The summed E-state index contributed by atoms with van der Waals surface area (Å²) in [6, 6.07) is 10.1. The van der Waals surface area contributed by atoms with Crippen molar-refractivity contribution >= 4 is 33.2 Å². The van der Waals surface area contributed by atoms with E-state index in [9.17, 15) is 17.6 Å². The summed E-state index contributed by atoms with van der Waals surface area (Å²) in [5.41, 5.74) is 0.280. The van der Waals surface area contributed by atoms with Crippen molar-refractivity contribution in [3.8, 4) is 5.75 Å². The zero-order chi connectivity index (χ0) is 20.3. The molecular weight excluding hydrogens is 407 g/mol. The van der Waals surface area contributed by atoms with Crippen LogP contribution in [0, 0.1) is 11.7 Å². The zero-order valence-corrected chi connectivity index (χ0v) is 16.8. The largest absolute Gasteiger partial charge is 0.497 e. The Balaban J connectivity index is 1.71. The second-order valence-corrected chi connectivity index (χ2v) is 8.84. The van der Waals surface area contributed by atoms with Gasteiger partial charge in [0.05, 0.1) is 22.9 Å². The van der Waals surface area contributed by atoms with Crippen LogP contribution < -0.4 is 10.1 Å². The predicted octanol–water partition coefficient (Wildman–Crippen LogP) is 3.53. The molecule has 1 atom stereocenters. The van der Waals surface area contributed by atoms with Crippen molar-refractivity contribution in [2.24, 2.45) is 5.92 Å². The number of sulfonamides is 1. The maximum Gasteiger partial charge on any atom is 0.243 e. The Morgan fingerprint density at radius 1 is 1.25 bits per heavy atom. The minimum Gasteiger partial charge on any atom is -0.497 e. The van der Waals surface area contributed by atoms with Crippen LogP contribution in [0.3, 0.4) is 0 Å². The number of methoxy groups -OCH3 is 1. The number of nitrogens with zero attached hydrogens (tertiary/aromatic N) is 1. The molecule has 0 spiro atoms. The van der Waals surface area contributed by atoms with Crippen molar-refractivity contribution in [1.82, 2.24) is 4.31 Å². The van der Waals surface area contributed by atoms with Crippen LogP contribution in [0.4, 0.5) is 10.1 Å². The SMILES string of the molecule is COc1ccc(S(=O)(=O)N2CCC[C@H](C(=O)Nc3ccc(Cl)c(F)c3)C2)cc1. The molecule has 2 aromatic carbocycles. The van der Waals surface area contributed by atoms with E-state index < -0.39 is 21.8 Å². The van der Waals surface area contributed by atoms with Gasteiger partial charge in [-0.25, -0.2) is 12.8 Å². The van der Waals surface area contributed by atoms with Gasteiger partial charge in [-0.3, -0.25) is 4.79 Å². The number of hydrogen-bond donors (Lipinski definition) is 1. The summed E-state index contributed by atoms with van der Waals surface area (Å²) in [7, 11) is -2.21. The number of carbonyl (C=O) groups is 1. The van der Waals surface area contributed by atoms with Crippen LogP contribution in [-0.4, -0.2) is 38.8 Å². The van der Waals surface area contributed by atoms with Crippen molar-refractivity contribution in [2.45, 2.75) is 17.7 Å². The molecule has 1 aliphatic heterocycles. The number of halogens is 2. The molecule has 2 aromatic rings. The fraction of sp³-hybridized carbons (Fsp3) is 0.316. The van der Waals surface area contributed by atoms with E-state index in [1.54, 1.807) is 12.1 Å². The van der Waals surface area contributed by atoms with Gasteiger partial charge in [-0.1, -0.05) is 11.6 Å². The fourth-order valence-electron chi connectivity index (χ4n) is 3.09. The molecule has 0 unspecified atom stereocenters. The molecule has 0 radical (unpaired) electrons. The molecule has 1 fully saturated rings. The van der Waals surface area contributed by atoms with Crippen LogP contribution in [0.15, 0.2) is 47.4 Å². The molecule has 1 N–H and O–H groups in total. The summed E-state index contributed by atoms with van der Waals surface area (Å²) in [5, 5.41) is 2.60. The second kappa shape index (κ2) is 8.46. The number of carbonyl (C=O) groups excluding carboxylic acids is 1. The van der Waals surface area contributed by atoms with E-state index in [0.29, 0.717) is 25.1 Å². The van der Waals surface area contributed by atoms with Gasteiger partial charge in [-0.2, -0.15) is 4.31 Å². The molecular formula is C19H20ClFN2O4S. The molecule has 9 heteroatoms. The molecule has 6 nitrogen and oxygen atoms in total. The van der Waals surface area contributed by atoms with E-state index in [2.05, 4.69) is 5.32 Å². The Hall–Kier alpha value is -2.16. The first-order chi connectivity index (χ1) is 13.3. The molecule has 1 aliphatic rings. The Morgan fingerprint density at radius 2 is 1.96 bits per heavy atom. The number of rotatable bonds is 5. The molecule has 3 rings (SSSR count). The van der Waals surface area contributed by atoms with E-state index in [1.165, 1.54) is 35.7 Å². The number of anilines is 1. The maximum absolute atomic E-state index is 13.6. The fourth-order valence-corrected chi connectivity index (χ4v) is 4.73. The number of nitrogens with one attached hydrogen (secondary N) is 1. The molecule has 1 amide bonds. The summed E-state index contributed by atoms with van der Waals surface area (Å²) >= 11 is 5.64. The Labute approximate surface area is 168 Å². The van der Waals surface area contributed by atoms with Crippen LogP contribution in [0.1, 0.15) is 12.8 Å². The van der Waals surface area contributed by atoms with Gasteiger partial charge >= 0.3 is 0 Å². The lowest BCUT2D eigenvalue weighted by Gasteiger charge is -2.31. The molecule has 150 valence electrons. The maximum atomic E-state index is 13.6. The molecule has 0 aliphatic carbocycles. The van der Waals surface area contributed by atoms with Crippen LogP contribution in [-0.2, 0) is 14.8 Å². The smallest absolute Gasteiger partial charge is 0.243 e. The second-order valence-electron chi connectivity index (χ2n) is 6.50. The van der Waals surface area contributed by atoms with E-state index in [4.69, 9.17) is 16.3 Å². The number of ether oxygens (including phenoxy) is 1. The van der Waals surface area contributed by atoms with Crippen molar-refractivity contribution < 1.29 is 22.3 Å². The average Bonchev–Trinajstić information content (AvgIpc) is 2.71. The summed E-state index contributed by atoms with van der Waals surface area (Å²) in [4.78, 5) is 12.7. The lowest BCUT2D eigenvalue weighted by Crippen LogP contribution is -2.43. The van der Waals surface area contributed by atoms with Gasteiger partial charge in [-0.15, -0.1) is 0 Å². The number of hydrogen-bond acceptors (Lipinski definition) is 4. The number of piperidine rings is 1. The lowest BCUT2D eigenvalue weighted by atomic mass is 9.99. The monoisotopic (exact) mass is 426 g/mol. The standard InChI is InChI=1S/C19H20ClFN2O4S/c1-27-15-5-7-16(8-6-15)28(25,26)23-10-2-3-13(12-23)19(24)22-14-4-9-17(20)18(21)11-14/h4-9,11,13H,2-3,10,12H2,1H3,(H,22,24)/t13-/m0/s1. The molecule has 0 bridgehead atoms. The molecule has 1 heterocycles. The molecule has 28 heavy (non-hydrogen) atoms. The van der Waals surface area contributed by atoms with Gasteiger partial charge in [-0.05, 0) is 55.3 Å². The molecule has 0 aromatic heterocycles. The number of amides is 1. The number of benzene rings is 2. The third kappa shape index (κ3) is 4.45. The lowest BCUT2D eigenvalue weighted by molar-refractivity contribution is -0.120. The average molecular weight is 427 g/mol. The Kier molecular flexibility index (Phi) is 6.22. The highest BCUT2D eigenvalue weighted by Gasteiger charge is 2.33. The summed E-state index contributed by atoms with van der Waals surface area (Å²) in [5.74, 6) is -0.950. The molecule has 1 saturated heterocycles. The van der Waals surface area contributed by atoms with Crippen molar-refractivity contribution in [2.75, 3.05) is 25.5 Å². The van der Waals surface area contributed by atoms with Gasteiger partial charge in [0.25, 0.3) is 0 Å². The third-order valence-corrected chi connectivity index (χ3v) is 6.83. The Bertz CT molecular complexity index is 966. The quantitative estimate of drug-likeness (QED) is 0.793. The molecule has 0 saturated carbocycles. The van der Waals surface area contributed by atoms with Crippen LogP contribution in [0.2, 0.25) is 5.02 Å². The first-order valence-corrected chi connectivity index (χ1v) is 10.5. The van der Waals surface area contributed by atoms with Gasteiger partial charge in [0, 0.05) is 18.8 Å².